The van der Waals surface area contributed by atoms with E-state index in [1.807, 2.05) is 12.7 Å². The second-order valence-electron chi connectivity index (χ2n) is 1.57. The normalized spacial score (nSPS) is 19.8. The molecule has 1 aliphatic rings. The van der Waals surface area contributed by atoms with Crippen LogP contribution in [0.4, 0.5) is 0 Å². The van der Waals surface area contributed by atoms with E-state index in [0.717, 1.165) is 6.42 Å². The number of hydrogen-bond donors (Lipinski definition) is 1. The fraction of sp³-hybridized carbons (Fsp3) is 0.400. The average Bonchev–Trinajstić information content (AvgIpc) is 1.86. The largest absolute Gasteiger partial charge is 0.386 e. The summed E-state index contributed by atoms with van der Waals surface area (Å²) in [4.78, 5) is 0. The van der Waals surface area contributed by atoms with Gasteiger partial charge in [-0.25, -0.2) is 0 Å². The molecule has 1 heterocycles. The van der Waals surface area contributed by atoms with Crippen LogP contribution in [-0.2, 0) is 0 Å². The van der Waals surface area contributed by atoms with Crippen LogP contribution in [0, 0.1) is 6.54 Å². The lowest BCUT2D eigenvalue weighted by atomic mass is 10.3. The minimum absolute atomic E-state index is 1.11. The summed E-state index contributed by atoms with van der Waals surface area (Å²) in [6, 6.07) is 0. The summed E-state index contributed by atoms with van der Waals surface area (Å²) < 4.78 is 0. The van der Waals surface area contributed by atoms with Crippen molar-refractivity contribution in [3.05, 3.63) is 18.3 Å². The molecule has 0 saturated carbocycles. The van der Waals surface area contributed by atoms with Crippen molar-refractivity contribution in [2.75, 3.05) is 0 Å². The first-order valence-electron chi connectivity index (χ1n) is 2.13. The molecular formula is C5H8N. The molecule has 1 rings (SSSR count). The highest BCUT2D eigenvalue weighted by molar-refractivity contribution is 5.07. The average molecular weight is 82.1 g/mol. The molecule has 0 bridgehead atoms. The van der Waals surface area contributed by atoms with Gasteiger partial charge in [0.1, 0.15) is 0 Å². The Hall–Kier alpha value is -0.460. The molecule has 0 amide bonds. The zero-order valence-electron chi connectivity index (χ0n) is 3.86. The van der Waals surface area contributed by atoms with Crippen molar-refractivity contribution in [1.82, 2.24) is 5.32 Å². The van der Waals surface area contributed by atoms with Gasteiger partial charge in [0.25, 0.3) is 0 Å². The molecule has 33 valence electrons. The van der Waals surface area contributed by atoms with E-state index >= 15 is 0 Å². The van der Waals surface area contributed by atoms with E-state index < -0.39 is 0 Å². The Bertz CT molecular complexity index is 74.0. The monoisotopic (exact) mass is 82.1 g/mol. The van der Waals surface area contributed by atoms with E-state index in [1.54, 1.807) is 0 Å². The van der Waals surface area contributed by atoms with Crippen LogP contribution in [0.1, 0.15) is 13.3 Å². The Morgan fingerprint density at radius 2 is 2.67 bits per heavy atom. The SMILES string of the molecule is CC1=CN[CH]C1. The highest BCUT2D eigenvalue weighted by Crippen LogP contribution is 2.04. The molecule has 0 aromatic rings. The summed E-state index contributed by atoms with van der Waals surface area (Å²) in [7, 11) is 0. The smallest absolute Gasteiger partial charge is 0.0497 e. The number of nitrogens with one attached hydrogen (secondary N) is 1. The quantitative estimate of drug-likeness (QED) is 0.460. The lowest BCUT2D eigenvalue weighted by Gasteiger charge is -1.78. The Morgan fingerprint density at radius 3 is 2.83 bits per heavy atom. The summed E-state index contributed by atoms with van der Waals surface area (Å²) in [6.45, 7) is 4.14. The predicted octanol–water partition coefficient (Wildman–Crippen LogP) is 1.05. The van der Waals surface area contributed by atoms with E-state index in [2.05, 4.69) is 12.2 Å². The molecular weight excluding hydrogens is 74.1 g/mol. The van der Waals surface area contributed by atoms with Crippen molar-refractivity contribution >= 4 is 0 Å². The Balaban J connectivity index is 2.45. The minimum Gasteiger partial charge on any atom is -0.386 e. The van der Waals surface area contributed by atoms with Crippen LogP contribution in [0.5, 0.6) is 0 Å². The van der Waals surface area contributed by atoms with Crippen LogP contribution in [0.25, 0.3) is 0 Å². The first-order chi connectivity index (χ1) is 2.89. The third-order valence-electron chi connectivity index (χ3n) is 0.872. The van der Waals surface area contributed by atoms with Crippen LogP contribution >= 0.6 is 0 Å². The van der Waals surface area contributed by atoms with Crippen molar-refractivity contribution in [3.63, 3.8) is 0 Å². The molecule has 0 fully saturated rings. The highest BCUT2D eigenvalue weighted by Gasteiger charge is 1.94. The number of hydrogen-bond acceptors (Lipinski definition) is 1. The zero-order valence-corrected chi connectivity index (χ0v) is 3.86. The first-order valence-corrected chi connectivity index (χ1v) is 2.13. The predicted molar refractivity (Wildman–Crippen MR) is 25.8 cm³/mol. The lowest BCUT2D eigenvalue weighted by Crippen LogP contribution is -1.88. The van der Waals surface area contributed by atoms with Gasteiger partial charge in [0.15, 0.2) is 0 Å². The minimum atomic E-state index is 1.11. The fourth-order valence-corrected chi connectivity index (χ4v) is 0.480. The second kappa shape index (κ2) is 1.33. The molecule has 1 heteroatoms. The van der Waals surface area contributed by atoms with Crippen LogP contribution in [0.3, 0.4) is 0 Å². The van der Waals surface area contributed by atoms with Crippen molar-refractivity contribution in [2.24, 2.45) is 0 Å². The third kappa shape index (κ3) is 0.534. The molecule has 1 aliphatic heterocycles. The van der Waals surface area contributed by atoms with Gasteiger partial charge in [-0.05, 0) is 19.5 Å². The first kappa shape index (κ1) is 3.72. The summed E-state index contributed by atoms with van der Waals surface area (Å²) in [6.07, 6.45) is 3.12. The number of rotatable bonds is 0. The van der Waals surface area contributed by atoms with Gasteiger partial charge in [0.2, 0.25) is 0 Å². The maximum atomic E-state index is 2.98. The summed E-state index contributed by atoms with van der Waals surface area (Å²) in [5.41, 5.74) is 1.41. The zero-order chi connectivity index (χ0) is 4.41. The molecule has 0 spiro atoms. The van der Waals surface area contributed by atoms with Crippen molar-refractivity contribution in [1.29, 1.82) is 0 Å². The van der Waals surface area contributed by atoms with E-state index in [0.29, 0.717) is 0 Å². The van der Waals surface area contributed by atoms with Crippen LogP contribution in [0.15, 0.2) is 11.8 Å². The topological polar surface area (TPSA) is 12.0 Å². The highest BCUT2D eigenvalue weighted by atomic mass is 14.8. The molecule has 0 aromatic carbocycles. The fourth-order valence-electron chi connectivity index (χ4n) is 0.480. The van der Waals surface area contributed by atoms with Crippen LogP contribution < -0.4 is 5.32 Å². The van der Waals surface area contributed by atoms with Crippen molar-refractivity contribution in [3.8, 4) is 0 Å². The van der Waals surface area contributed by atoms with E-state index in [-0.39, 0.29) is 0 Å². The van der Waals surface area contributed by atoms with Crippen molar-refractivity contribution in [2.45, 2.75) is 13.3 Å². The third-order valence-corrected chi connectivity index (χ3v) is 0.872. The maximum absolute atomic E-state index is 2.98. The van der Waals surface area contributed by atoms with Gasteiger partial charge in [-0.1, -0.05) is 5.57 Å². The maximum Gasteiger partial charge on any atom is 0.0497 e. The van der Waals surface area contributed by atoms with Crippen molar-refractivity contribution < 1.29 is 0 Å². The molecule has 0 aliphatic carbocycles. The molecule has 6 heavy (non-hydrogen) atoms. The molecule has 1 N–H and O–H groups in total. The standard InChI is InChI=1S/C5H8N/c1-5-2-3-6-4-5/h3-4,6H,2H2,1H3. The molecule has 0 aromatic heterocycles. The van der Waals surface area contributed by atoms with Gasteiger partial charge in [-0.15, -0.1) is 0 Å². The molecule has 0 atom stereocenters. The Kier molecular flexibility index (Phi) is 0.825. The molecule has 1 radical (unpaired) electrons. The van der Waals surface area contributed by atoms with Gasteiger partial charge in [-0.3, -0.25) is 0 Å². The molecule has 1 nitrogen and oxygen atoms in total. The summed E-state index contributed by atoms with van der Waals surface area (Å²) in [5, 5.41) is 2.98. The van der Waals surface area contributed by atoms with Gasteiger partial charge in [-0.2, -0.15) is 0 Å². The van der Waals surface area contributed by atoms with Crippen LogP contribution in [0.2, 0.25) is 0 Å². The summed E-state index contributed by atoms with van der Waals surface area (Å²) >= 11 is 0. The van der Waals surface area contributed by atoms with Gasteiger partial charge in [0, 0.05) is 6.54 Å². The summed E-state index contributed by atoms with van der Waals surface area (Å²) in [5.74, 6) is 0. The second-order valence-corrected chi connectivity index (χ2v) is 1.57. The molecule has 0 saturated heterocycles. The van der Waals surface area contributed by atoms with Crippen LogP contribution in [-0.4, -0.2) is 0 Å². The van der Waals surface area contributed by atoms with Gasteiger partial charge in [0.05, 0.1) is 0 Å². The lowest BCUT2D eigenvalue weighted by molar-refractivity contribution is 1.05. The van der Waals surface area contributed by atoms with E-state index in [4.69, 9.17) is 0 Å². The van der Waals surface area contributed by atoms with Gasteiger partial charge >= 0.3 is 0 Å². The Labute approximate surface area is 38.1 Å². The van der Waals surface area contributed by atoms with E-state index in [1.165, 1.54) is 5.57 Å². The Morgan fingerprint density at radius 1 is 1.83 bits per heavy atom. The van der Waals surface area contributed by atoms with Gasteiger partial charge < -0.3 is 5.32 Å². The molecule has 0 unspecified atom stereocenters. The van der Waals surface area contributed by atoms with E-state index in [9.17, 15) is 0 Å².